The molecule has 4 aromatic rings. The minimum atomic E-state index is -0.383. The number of hydrogen-bond donors (Lipinski definition) is 2. The molecule has 2 fully saturated rings. The highest BCUT2D eigenvalue weighted by molar-refractivity contribution is 7.22. The topological polar surface area (TPSA) is 136 Å². The zero-order valence-corrected chi connectivity index (χ0v) is 21.7. The Kier molecular flexibility index (Phi) is 7.40. The highest BCUT2D eigenvalue weighted by atomic mass is 35.5. The van der Waals surface area contributed by atoms with Crippen LogP contribution in [0.3, 0.4) is 0 Å². The van der Waals surface area contributed by atoms with E-state index in [2.05, 4.69) is 25.1 Å². The molecule has 37 heavy (non-hydrogen) atoms. The Bertz CT molecular complexity index is 1400. The average Bonchev–Trinajstić information content (AvgIpc) is 3.57. The van der Waals surface area contributed by atoms with Gasteiger partial charge in [-0.2, -0.15) is 4.98 Å². The van der Waals surface area contributed by atoms with Crippen molar-refractivity contribution in [1.82, 2.24) is 19.9 Å². The van der Waals surface area contributed by atoms with E-state index in [9.17, 15) is 4.79 Å². The van der Waals surface area contributed by atoms with Gasteiger partial charge in [0.25, 0.3) is 5.91 Å². The second kappa shape index (κ2) is 10.9. The number of nitrogens with one attached hydrogen (secondary N) is 1. The van der Waals surface area contributed by atoms with Gasteiger partial charge in [-0.25, -0.2) is 15.0 Å². The number of hydrogen-bond acceptors (Lipinski definition) is 11. The van der Waals surface area contributed by atoms with Gasteiger partial charge in [0.05, 0.1) is 23.6 Å². The molecule has 4 aromatic heterocycles. The molecule has 1 amide bonds. The fourth-order valence-electron chi connectivity index (χ4n) is 4.42. The number of anilines is 4. The van der Waals surface area contributed by atoms with Crippen molar-refractivity contribution in [3.05, 3.63) is 36.2 Å². The third-order valence-corrected chi connectivity index (χ3v) is 7.32. The fourth-order valence-corrected chi connectivity index (χ4v) is 5.42. The number of morpholine rings is 1. The summed E-state index contributed by atoms with van der Waals surface area (Å²) in [5, 5.41) is 3.94. The molecule has 194 valence electrons. The predicted octanol–water partition coefficient (Wildman–Crippen LogP) is 3.82. The number of nitrogens with zero attached hydrogens (tertiary/aromatic N) is 6. The van der Waals surface area contributed by atoms with Crippen molar-refractivity contribution >= 4 is 62.5 Å². The highest BCUT2D eigenvalue weighted by Gasteiger charge is 2.23. The molecule has 0 aliphatic carbocycles. The van der Waals surface area contributed by atoms with Crippen LogP contribution in [0.1, 0.15) is 29.8 Å². The van der Waals surface area contributed by atoms with Crippen molar-refractivity contribution in [3.8, 4) is 11.6 Å². The van der Waals surface area contributed by atoms with Crippen LogP contribution in [-0.2, 0) is 4.74 Å². The summed E-state index contributed by atoms with van der Waals surface area (Å²) in [7, 11) is 0. The lowest BCUT2D eigenvalue weighted by molar-refractivity contribution is 0.102. The quantitative estimate of drug-likeness (QED) is 0.383. The number of oxazole rings is 1. The van der Waals surface area contributed by atoms with Crippen LogP contribution in [0.4, 0.5) is 22.5 Å². The van der Waals surface area contributed by atoms with Gasteiger partial charge in [0, 0.05) is 26.2 Å². The Hall–Kier alpha value is -3.48. The number of carbonyl (C=O) groups is 1. The lowest BCUT2D eigenvalue weighted by Crippen LogP contribution is -2.36. The Morgan fingerprint density at radius 2 is 1.81 bits per heavy atom. The van der Waals surface area contributed by atoms with Crippen LogP contribution in [0.25, 0.3) is 21.9 Å². The second-order valence-electron chi connectivity index (χ2n) is 8.76. The molecule has 2 aliphatic heterocycles. The van der Waals surface area contributed by atoms with Crippen LogP contribution >= 0.6 is 23.7 Å². The predicted molar refractivity (Wildman–Crippen MR) is 146 cm³/mol. The molecule has 0 radical (unpaired) electrons. The van der Waals surface area contributed by atoms with Gasteiger partial charge in [-0.15, -0.1) is 12.4 Å². The van der Waals surface area contributed by atoms with Gasteiger partial charge >= 0.3 is 0 Å². The van der Waals surface area contributed by atoms with Crippen LogP contribution in [0.2, 0.25) is 0 Å². The van der Waals surface area contributed by atoms with Gasteiger partial charge in [0.15, 0.2) is 22.3 Å². The Morgan fingerprint density at radius 1 is 1.00 bits per heavy atom. The standard InChI is InChI=1S/C24H26N8O3S.ClH/c25-19-6-4-5-15(26-19)23-28-17(14-35-23)22(33)27-16-13-18-20(29-21(16)31-7-2-1-3-8-31)30-24(36-18)32-9-11-34-12-10-32;/h4-6,13-14H,1-3,7-12H2,(H2,25,26)(H,27,33);1H. The van der Waals surface area contributed by atoms with E-state index >= 15 is 0 Å². The van der Waals surface area contributed by atoms with Crippen molar-refractivity contribution < 1.29 is 13.9 Å². The minimum Gasteiger partial charge on any atom is -0.442 e. The first-order valence-corrected chi connectivity index (χ1v) is 12.8. The molecule has 3 N–H and O–H groups in total. The van der Waals surface area contributed by atoms with E-state index < -0.39 is 0 Å². The van der Waals surface area contributed by atoms with Gasteiger partial charge in [-0.05, 0) is 37.5 Å². The van der Waals surface area contributed by atoms with E-state index in [-0.39, 0.29) is 29.9 Å². The van der Waals surface area contributed by atoms with Gasteiger partial charge < -0.3 is 30.0 Å². The molecule has 6 rings (SSSR count). The number of rotatable bonds is 5. The number of thiazole rings is 1. The number of pyridine rings is 2. The van der Waals surface area contributed by atoms with Crippen molar-refractivity contribution in [2.24, 2.45) is 0 Å². The van der Waals surface area contributed by atoms with Crippen molar-refractivity contribution in [3.63, 3.8) is 0 Å². The largest absolute Gasteiger partial charge is 0.442 e. The Labute approximate surface area is 223 Å². The van der Waals surface area contributed by atoms with E-state index in [0.29, 0.717) is 36.1 Å². The first-order valence-electron chi connectivity index (χ1n) is 12.0. The maximum Gasteiger partial charge on any atom is 0.277 e. The van der Waals surface area contributed by atoms with Crippen LogP contribution in [0.15, 0.2) is 34.9 Å². The highest BCUT2D eigenvalue weighted by Crippen LogP contribution is 2.35. The third kappa shape index (κ3) is 5.31. The summed E-state index contributed by atoms with van der Waals surface area (Å²) in [5.74, 6) is 0.931. The van der Waals surface area contributed by atoms with Gasteiger partial charge in [-0.1, -0.05) is 17.4 Å². The molecule has 2 saturated heterocycles. The zero-order valence-electron chi connectivity index (χ0n) is 20.1. The number of nitrogen functional groups attached to an aromatic ring is 1. The minimum absolute atomic E-state index is 0. The summed E-state index contributed by atoms with van der Waals surface area (Å²) in [4.78, 5) is 35.9. The normalized spacial score (nSPS) is 16.0. The number of amides is 1. The average molecular weight is 543 g/mol. The lowest BCUT2D eigenvalue weighted by Gasteiger charge is -2.29. The van der Waals surface area contributed by atoms with E-state index in [1.807, 2.05) is 6.07 Å². The fraction of sp³-hybridized carbons (Fsp3) is 0.375. The number of aromatic nitrogens is 4. The number of carbonyl (C=O) groups excluding carboxylic acids is 1. The van der Waals surface area contributed by atoms with Crippen molar-refractivity contribution in [2.75, 3.05) is 60.2 Å². The monoisotopic (exact) mass is 542 g/mol. The molecule has 0 unspecified atom stereocenters. The molecule has 13 heteroatoms. The molecule has 0 bridgehead atoms. The van der Waals surface area contributed by atoms with Gasteiger partial charge in [-0.3, -0.25) is 4.79 Å². The number of ether oxygens (including phenoxy) is 1. The summed E-state index contributed by atoms with van der Waals surface area (Å²) in [5.41, 5.74) is 7.71. The van der Waals surface area contributed by atoms with Gasteiger partial charge in [0.1, 0.15) is 17.8 Å². The molecule has 6 heterocycles. The van der Waals surface area contributed by atoms with E-state index in [0.717, 1.165) is 54.7 Å². The van der Waals surface area contributed by atoms with Crippen LogP contribution in [0.5, 0.6) is 0 Å². The van der Waals surface area contributed by atoms with Gasteiger partial charge in [0.2, 0.25) is 5.89 Å². The SMILES string of the molecule is Cl.Nc1cccc(-c2nc(C(=O)Nc3cc4sc(N5CCOCC5)nc4nc3N3CCCCC3)co2)n1. The van der Waals surface area contributed by atoms with Crippen molar-refractivity contribution in [1.29, 1.82) is 0 Å². The van der Waals surface area contributed by atoms with Crippen LogP contribution in [0, 0.1) is 0 Å². The molecule has 2 aliphatic rings. The molecule has 0 saturated carbocycles. The Morgan fingerprint density at radius 3 is 2.59 bits per heavy atom. The lowest BCUT2D eigenvalue weighted by atomic mass is 10.1. The van der Waals surface area contributed by atoms with E-state index in [4.69, 9.17) is 24.9 Å². The molecule has 0 spiro atoms. The zero-order chi connectivity index (χ0) is 24.5. The molecule has 0 aromatic carbocycles. The number of nitrogens with two attached hydrogens (primary N) is 1. The second-order valence-corrected chi connectivity index (χ2v) is 9.77. The van der Waals surface area contributed by atoms with Crippen molar-refractivity contribution in [2.45, 2.75) is 19.3 Å². The summed E-state index contributed by atoms with van der Waals surface area (Å²) >= 11 is 1.57. The number of fused-ring (bicyclic) bond motifs is 1. The molecular formula is C24H27ClN8O3S. The van der Waals surface area contributed by atoms with Crippen LogP contribution < -0.4 is 20.9 Å². The molecule has 11 nitrogen and oxygen atoms in total. The summed E-state index contributed by atoms with van der Waals surface area (Å²) in [6.45, 7) is 4.76. The molecular weight excluding hydrogens is 516 g/mol. The number of halogens is 1. The smallest absolute Gasteiger partial charge is 0.277 e. The van der Waals surface area contributed by atoms with Crippen LogP contribution in [-0.4, -0.2) is 65.2 Å². The Balaban J connectivity index is 0.00000280. The summed E-state index contributed by atoms with van der Waals surface area (Å²) in [6.07, 6.45) is 4.69. The number of piperidine rings is 1. The van der Waals surface area contributed by atoms with E-state index in [1.165, 1.54) is 12.7 Å². The third-order valence-electron chi connectivity index (χ3n) is 6.26. The summed E-state index contributed by atoms with van der Waals surface area (Å²) in [6, 6.07) is 7.13. The van der Waals surface area contributed by atoms with E-state index in [1.54, 1.807) is 29.5 Å². The first-order chi connectivity index (χ1) is 17.6. The first kappa shape index (κ1) is 25.2. The summed E-state index contributed by atoms with van der Waals surface area (Å²) < 4.78 is 11.9. The molecule has 0 atom stereocenters. The maximum atomic E-state index is 13.2. The maximum absolute atomic E-state index is 13.2.